The maximum absolute atomic E-state index is 13.8. The molecule has 4 N–H and O–H groups in total. The fourth-order valence-corrected chi connectivity index (χ4v) is 4.36. The second kappa shape index (κ2) is 8.53. The van der Waals surface area contributed by atoms with E-state index in [4.69, 9.17) is 10.7 Å². The van der Waals surface area contributed by atoms with Crippen molar-refractivity contribution >= 4 is 28.6 Å². The third-order valence-electron chi connectivity index (χ3n) is 6.80. The zero-order valence-corrected chi connectivity index (χ0v) is 20.0. The Hall–Kier alpha value is -4.03. The summed E-state index contributed by atoms with van der Waals surface area (Å²) < 4.78 is 43.1. The van der Waals surface area contributed by atoms with Gasteiger partial charge in [-0.25, -0.2) is 19.9 Å². The number of nitrogens with two attached hydrogens (primary N) is 1. The van der Waals surface area contributed by atoms with Crippen molar-refractivity contribution in [3.05, 3.63) is 42.6 Å². The van der Waals surface area contributed by atoms with E-state index >= 15 is 0 Å². The van der Waals surface area contributed by atoms with E-state index in [1.165, 1.54) is 6.33 Å². The fraction of sp³-hybridized carbons (Fsp3) is 0.417. The maximum Gasteiger partial charge on any atom is 0.411 e. The van der Waals surface area contributed by atoms with Crippen molar-refractivity contribution in [2.75, 3.05) is 16.4 Å². The number of nitrogen functional groups attached to an aromatic ring is 1. The van der Waals surface area contributed by atoms with Gasteiger partial charge in [0, 0.05) is 30.3 Å². The summed E-state index contributed by atoms with van der Waals surface area (Å²) in [5, 5.41) is 10.1. The second-order valence-corrected chi connectivity index (χ2v) is 9.80. The monoisotopic (exact) mass is 510 g/mol. The topological polar surface area (TPSA) is 132 Å². The number of rotatable bonds is 8. The van der Waals surface area contributed by atoms with Crippen LogP contribution in [-0.2, 0) is 6.54 Å². The Labute approximate surface area is 210 Å². The average molecular weight is 511 g/mol. The SMILES string of the molecule is CC(Cn1cncn1)c1cc(-c2ccc(NC3CC3)nc2)nc2c(NC3(C(F)(F)F)CC3)nc(N)nc12. The van der Waals surface area contributed by atoms with Crippen LogP contribution in [0.15, 0.2) is 37.1 Å². The maximum atomic E-state index is 13.8. The zero-order chi connectivity index (χ0) is 25.8. The van der Waals surface area contributed by atoms with E-state index in [9.17, 15) is 13.2 Å². The molecule has 0 aliphatic heterocycles. The van der Waals surface area contributed by atoms with Gasteiger partial charge in [0.2, 0.25) is 5.95 Å². The van der Waals surface area contributed by atoms with Crippen LogP contribution in [0.25, 0.3) is 22.3 Å². The molecule has 0 spiro atoms. The fourth-order valence-electron chi connectivity index (χ4n) is 4.36. The predicted molar refractivity (Wildman–Crippen MR) is 132 cm³/mol. The highest BCUT2D eigenvalue weighted by atomic mass is 19.4. The minimum Gasteiger partial charge on any atom is -0.368 e. The van der Waals surface area contributed by atoms with Gasteiger partial charge in [-0.1, -0.05) is 6.92 Å². The third-order valence-corrected chi connectivity index (χ3v) is 6.80. The van der Waals surface area contributed by atoms with Gasteiger partial charge in [0.05, 0.1) is 5.69 Å². The first-order valence-electron chi connectivity index (χ1n) is 12.1. The quantitative estimate of drug-likeness (QED) is 0.320. The molecule has 2 fully saturated rings. The number of aromatic nitrogens is 7. The lowest BCUT2D eigenvalue weighted by Crippen LogP contribution is -2.39. The lowest BCUT2D eigenvalue weighted by atomic mass is 9.97. The molecule has 0 radical (unpaired) electrons. The molecule has 4 aromatic rings. The molecule has 2 saturated carbocycles. The Balaban J connectivity index is 1.46. The lowest BCUT2D eigenvalue weighted by Gasteiger charge is -2.23. The number of nitrogens with one attached hydrogen (secondary N) is 2. The molecule has 0 aromatic carbocycles. The van der Waals surface area contributed by atoms with E-state index in [1.54, 1.807) is 17.2 Å². The van der Waals surface area contributed by atoms with Crippen molar-refractivity contribution in [2.24, 2.45) is 0 Å². The highest BCUT2D eigenvalue weighted by Gasteiger charge is 2.64. The van der Waals surface area contributed by atoms with Crippen LogP contribution in [0.3, 0.4) is 0 Å². The van der Waals surface area contributed by atoms with Gasteiger partial charge < -0.3 is 16.4 Å². The average Bonchev–Trinajstić information content (AvgIpc) is 3.78. The largest absolute Gasteiger partial charge is 0.411 e. The highest BCUT2D eigenvalue weighted by Crippen LogP contribution is 2.51. The number of alkyl halides is 3. The molecule has 1 unspecified atom stereocenters. The van der Waals surface area contributed by atoms with Crippen molar-refractivity contribution in [3.63, 3.8) is 0 Å². The Kier molecular flexibility index (Phi) is 5.39. The summed E-state index contributed by atoms with van der Waals surface area (Å²) in [7, 11) is 0. The molecule has 0 saturated heterocycles. The van der Waals surface area contributed by atoms with Gasteiger partial charge in [0.25, 0.3) is 0 Å². The molecule has 2 aliphatic carbocycles. The number of anilines is 3. The number of halogens is 3. The van der Waals surface area contributed by atoms with Gasteiger partial charge in [0.1, 0.15) is 35.0 Å². The Morgan fingerprint density at radius 2 is 1.97 bits per heavy atom. The van der Waals surface area contributed by atoms with Crippen LogP contribution in [0.1, 0.15) is 44.1 Å². The first-order chi connectivity index (χ1) is 17.7. The minimum atomic E-state index is -4.44. The molecular weight excluding hydrogens is 485 g/mol. The van der Waals surface area contributed by atoms with Crippen molar-refractivity contribution in [1.29, 1.82) is 0 Å². The summed E-state index contributed by atoms with van der Waals surface area (Å²) in [5.74, 6) is 0.461. The third kappa shape index (κ3) is 4.60. The van der Waals surface area contributed by atoms with Crippen molar-refractivity contribution in [3.8, 4) is 11.3 Å². The first-order valence-corrected chi connectivity index (χ1v) is 12.1. The van der Waals surface area contributed by atoms with Crippen LogP contribution >= 0.6 is 0 Å². The van der Waals surface area contributed by atoms with E-state index in [0.29, 0.717) is 23.8 Å². The molecule has 192 valence electrons. The molecular formula is C24H25F3N10. The van der Waals surface area contributed by atoms with Crippen molar-refractivity contribution < 1.29 is 13.2 Å². The molecule has 0 bridgehead atoms. The minimum absolute atomic E-state index is 0.0339. The van der Waals surface area contributed by atoms with E-state index in [0.717, 1.165) is 29.8 Å². The highest BCUT2D eigenvalue weighted by molar-refractivity contribution is 5.91. The zero-order valence-electron chi connectivity index (χ0n) is 20.0. The van der Waals surface area contributed by atoms with Gasteiger partial charge in [-0.05, 0) is 49.4 Å². The molecule has 0 amide bonds. The van der Waals surface area contributed by atoms with Crippen LogP contribution in [0.4, 0.5) is 30.8 Å². The summed E-state index contributed by atoms with van der Waals surface area (Å²) in [6.07, 6.45) is 2.48. The number of pyridine rings is 2. The van der Waals surface area contributed by atoms with Crippen LogP contribution < -0.4 is 16.4 Å². The predicted octanol–water partition coefficient (Wildman–Crippen LogP) is 4.15. The molecule has 6 rings (SSSR count). The van der Waals surface area contributed by atoms with E-state index < -0.39 is 11.7 Å². The van der Waals surface area contributed by atoms with Gasteiger partial charge >= 0.3 is 6.18 Å². The second-order valence-electron chi connectivity index (χ2n) is 9.80. The summed E-state index contributed by atoms with van der Waals surface area (Å²) >= 11 is 0. The van der Waals surface area contributed by atoms with E-state index in [-0.39, 0.29) is 36.0 Å². The molecule has 13 heteroatoms. The van der Waals surface area contributed by atoms with Gasteiger partial charge in [0.15, 0.2) is 5.82 Å². The van der Waals surface area contributed by atoms with Gasteiger partial charge in [-0.2, -0.15) is 23.3 Å². The molecule has 37 heavy (non-hydrogen) atoms. The van der Waals surface area contributed by atoms with Crippen LogP contribution in [0, 0.1) is 0 Å². The van der Waals surface area contributed by atoms with Gasteiger partial charge in [-0.3, -0.25) is 4.68 Å². The van der Waals surface area contributed by atoms with Crippen LogP contribution in [-0.4, -0.2) is 52.5 Å². The first kappa shape index (κ1) is 23.4. The Morgan fingerprint density at radius 1 is 1.16 bits per heavy atom. The van der Waals surface area contributed by atoms with Crippen molar-refractivity contribution in [1.82, 2.24) is 34.7 Å². The summed E-state index contributed by atoms with van der Waals surface area (Å²) in [5.41, 5.74) is 6.57. The van der Waals surface area contributed by atoms with E-state index in [2.05, 4.69) is 35.7 Å². The molecule has 4 aromatic heterocycles. The molecule has 4 heterocycles. The number of fused-ring (bicyclic) bond motifs is 1. The number of hydrogen-bond acceptors (Lipinski definition) is 9. The van der Waals surface area contributed by atoms with Crippen molar-refractivity contribution in [2.45, 2.75) is 62.8 Å². The Bertz CT molecular complexity index is 1430. The smallest absolute Gasteiger partial charge is 0.368 e. The van der Waals surface area contributed by atoms with E-state index in [1.807, 2.05) is 25.1 Å². The summed E-state index contributed by atoms with van der Waals surface area (Å²) in [6, 6.07) is 6.10. The molecule has 2 aliphatic rings. The normalized spacial score (nSPS) is 17.5. The molecule has 1 atom stereocenters. The van der Waals surface area contributed by atoms with Crippen LogP contribution in [0.2, 0.25) is 0 Å². The number of hydrogen-bond donors (Lipinski definition) is 3. The Morgan fingerprint density at radius 3 is 2.59 bits per heavy atom. The van der Waals surface area contributed by atoms with Crippen LogP contribution in [0.5, 0.6) is 0 Å². The summed E-state index contributed by atoms with van der Waals surface area (Å²) in [6.45, 7) is 2.45. The standard InChI is InChI=1S/C24H25F3N10/c1-13(10-37-12-29-11-31-37)16-8-17(14-2-5-18(30-9-14)32-15-3-4-15)33-20-19(16)34-22(28)35-21(20)36-23(6-7-23)24(25,26)27/h2,5,8-9,11-13,15H,3-4,6-7,10H2,1H3,(H,30,32)(H3,28,34,35,36). The summed E-state index contributed by atoms with van der Waals surface area (Å²) in [4.78, 5) is 21.8. The van der Waals surface area contributed by atoms with Gasteiger partial charge in [-0.15, -0.1) is 0 Å². The number of nitrogens with zero attached hydrogens (tertiary/aromatic N) is 7. The lowest BCUT2D eigenvalue weighted by molar-refractivity contribution is -0.151. The molecule has 10 nitrogen and oxygen atoms in total.